The summed E-state index contributed by atoms with van der Waals surface area (Å²) in [5.41, 5.74) is 0.0757. The number of nitrogens with one attached hydrogen (secondary N) is 2. The summed E-state index contributed by atoms with van der Waals surface area (Å²) in [5, 5.41) is 5.47. The molecule has 136 valence electrons. The van der Waals surface area contributed by atoms with Crippen LogP contribution in [0.1, 0.15) is 23.2 Å². The number of benzene rings is 2. The summed E-state index contributed by atoms with van der Waals surface area (Å²) in [6.07, 6.45) is 0.831. The normalized spacial score (nSPS) is 16.5. The Labute approximate surface area is 150 Å². The first-order chi connectivity index (χ1) is 12.5. The van der Waals surface area contributed by atoms with Gasteiger partial charge in [0, 0.05) is 19.0 Å². The number of methoxy groups -OCH3 is 1. The van der Waals surface area contributed by atoms with Crippen LogP contribution in [0.15, 0.2) is 42.5 Å². The van der Waals surface area contributed by atoms with Gasteiger partial charge in [0.05, 0.1) is 12.7 Å². The van der Waals surface area contributed by atoms with Crippen molar-refractivity contribution >= 4 is 11.8 Å². The van der Waals surface area contributed by atoms with E-state index in [4.69, 9.17) is 9.47 Å². The molecule has 26 heavy (non-hydrogen) atoms. The van der Waals surface area contributed by atoms with Gasteiger partial charge in [0.2, 0.25) is 5.91 Å². The average Bonchev–Trinajstić information content (AvgIpc) is 2.64. The monoisotopic (exact) mass is 358 g/mol. The van der Waals surface area contributed by atoms with E-state index in [0.717, 1.165) is 6.07 Å². The highest BCUT2D eigenvalue weighted by atomic mass is 19.1. The molecule has 0 spiro atoms. The van der Waals surface area contributed by atoms with Gasteiger partial charge < -0.3 is 20.1 Å². The van der Waals surface area contributed by atoms with Crippen molar-refractivity contribution in [3.8, 4) is 17.2 Å². The van der Waals surface area contributed by atoms with E-state index in [1.807, 2.05) is 0 Å². The van der Waals surface area contributed by atoms with Crippen molar-refractivity contribution in [3.05, 3.63) is 53.8 Å². The first-order valence-corrected chi connectivity index (χ1v) is 8.24. The molecule has 6 nitrogen and oxygen atoms in total. The number of amides is 2. The van der Waals surface area contributed by atoms with Crippen LogP contribution in [0.3, 0.4) is 0 Å². The molecule has 2 amide bonds. The SMILES string of the molecule is COc1ccc(Oc2ccc(F)cc2C(=O)NC2CCNC(=O)C2)cc1. The van der Waals surface area contributed by atoms with Crippen molar-refractivity contribution in [2.45, 2.75) is 18.9 Å². The van der Waals surface area contributed by atoms with E-state index in [0.29, 0.717) is 24.5 Å². The molecule has 0 saturated carbocycles. The van der Waals surface area contributed by atoms with Gasteiger partial charge in [0.15, 0.2) is 0 Å². The summed E-state index contributed by atoms with van der Waals surface area (Å²) in [6.45, 7) is 0.502. The fourth-order valence-electron chi connectivity index (χ4n) is 2.71. The molecule has 0 radical (unpaired) electrons. The minimum Gasteiger partial charge on any atom is -0.497 e. The van der Waals surface area contributed by atoms with E-state index in [2.05, 4.69) is 10.6 Å². The molecule has 2 aromatic carbocycles. The molecule has 0 aromatic heterocycles. The molecule has 7 heteroatoms. The predicted octanol–water partition coefficient (Wildman–Crippen LogP) is 2.64. The number of halogens is 1. The lowest BCUT2D eigenvalue weighted by Crippen LogP contribution is -2.45. The standard InChI is InChI=1S/C19H19FN2O4/c1-25-14-3-5-15(6-4-14)26-17-7-2-12(20)10-16(17)19(24)22-13-8-9-21-18(23)11-13/h2-7,10,13H,8-9,11H2,1H3,(H,21,23)(H,22,24). The molecule has 2 aromatic rings. The van der Waals surface area contributed by atoms with Gasteiger partial charge in [0.1, 0.15) is 23.1 Å². The third-order valence-electron chi connectivity index (χ3n) is 4.06. The van der Waals surface area contributed by atoms with Crippen LogP contribution in [0, 0.1) is 5.82 Å². The molecule has 1 saturated heterocycles. The number of hydrogen-bond acceptors (Lipinski definition) is 4. The Balaban J connectivity index is 1.78. The van der Waals surface area contributed by atoms with Gasteiger partial charge in [-0.2, -0.15) is 0 Å². The van der Waals surface area contributed by atoms with Crippen molar-refractivity contribution in [1.29, 1.82) is 0 Å². The lowest BCUT2D eigenvalue weighted by Gasteiger charge is -2.23. The Hall–Kier alpha value is -3.09. The summed E-state index contributed by atoms with van der Waals surface area (Å²) in [7, 11) is 1.56. The minimum absolute atomic E-state index is 0.0757. The van der Waals surface area contributed by atoms with Crippen LogP contribution in [-0.4, -0.2) is 31.5 Å². The number of ether oxygens (including phenoxy) is 2. The molecule has 0 bridgehead atoms. The van der Waals surface area contributed by atoms with E-state index in [1.54, 1.807) is 31.4 Å². The fraction of sp³-hybridized carbons (Fsp3) is 0.263. The Kier molecular flexibility index (Phi) is 5.36. The molecule has 1 fully saturated rings. The lowest BCUT2D eigenvalue weighted by molar-refractivity contribution is -0.122. The minimum atomic E-state index is -0.543. The van der Waals surface area contributed by atoms with E-state index < -0.39 is 11.7 Å². The average molecular weight is 358 g/mol. The molecular formula is C19H19FN2O4. The van der Waals surface area contributed by atoms with Crippen molar-refractivity contribution < 1.29 is 23.5 Å². The molecule has 1 atom stereocenters. The van der Waals surface area contributed by atoms with Gasteiger partial charge in [-0.15, -0.1) is 0 Å². The molecule has 1 unspecified atom stereocenters. The summed E-state index contributed by atoms with van der Waals surface area (Å²) < 4.78 is 24.5. The number of hydrogen-bond donors (Lipinski definition) is 2. The van der Waals surface area contributed by atoms with Crippen LogP contribution in [-0.2, 0) is 4.79 Å². The smallest absolute Gasteiger partial charge is 0.255 e. The largest absolute Gasteiger partial charge is 0.497 e. The maximum atomic E-state index is 13.7. The maximum absolute atomic E-state index is 13.7. The van der Waals surface area contributed by atoms with Crippen molar-refractivity contribution in [1.82, 2.24) is 10.6 Å². The summed E-state index contributed by atoms with van der Waals surface area (Å²) in [6, 6.07) is 10.3. The van der Waals surface area contributed by atoms with Crippen LogP contribution in [0.5, 0.6) is 17.2 Å². The lowest BCUT2D eigenvalue weighted by atomic mass is 10.1. The maximum Gasteiger partial charge on any atom is 0.255 e. The summed E-state index contributed by atoms with van der Waals surface area (Å²) in [4.78, 5) is 24.0. The highest BCUT2D eigenvalue weighted by molar-refractivity contribution is 5.97. The van der Waals surface area contributed by atoms with E-state index >= 15 is 0 Å². The van der Waals surface area contributed by atoms with Crippen LogP contribution in [0.2, 0.25) is 0 Å². The highest BCUT2D eigenvalue weighted by Gasteiger charge is 2.23. The first-order valence-electron chi connectivity index (χ1n) is 8.24. The highest BCUT2D eigenvalue weighted by Crippen LogP contribution is 2.28. The third kappa shape index (κ3) is 4.30. The Morgan fingerprint density at radius 1 is 1.19 bits per heavy atom. The van der Waals surface area contributed by atoms with Crippen molar-refractivity contribution in [2.24, 2.45) is 0 Å². The number of carbonyl (C=O) groups is 2. The van der Waals surface area contributed by atoms with Gasteiger partial charge in [0.25, 0.3) is 5.91 Å². The van der Waals surface area contributed by atoms with Gasteiger partial charge in [-0.3, -0.25) is 9.59 Å². The molecule has 1 aliphatic rings. The first kappa shape index (κ1) is 17.7. The van der Waals surface area contributed by atoms with Crippen LogP contribution >= 0.6 is 0 Å². The van der Waals surface area contributed by atoms with Crippen LogP contribution in [0.4, 0.5) is 4.39 Å². The van der Waals surface area contributed by atoms with E-state index in [9.17, 15) is 14.0 Å². The quantitative estimate of drug-likeness (QED) is 0.861. The molecule has 0 aliphatic carbocycles. The van der Waals surface area contributed by atoms with E-state index in [-0.39, 0.29) is 29.7 Å². The Bertz CT molecular complexity index is 808. The second kappa shape index (κ2) is 7.86. The third-order valence-corrected chi connectivity index (χ3v) is 4.06. The molecule has 3 rings (SSSR count). The zero-order chi connectivity index (χ0) is 18.5. The predicted molar refractivity (Wildman–Crippen MR) is 93.0 cm³/mol. The summed E-state index contributed by atoms with van der Waals surface area (Å²) in [5.74, 6) is 0.254. The molecule has 1 heterocycles. The topological polar surface area (TPSA) is 76.7 Å². The fourth-order valence-corrected chi connectivity index (χ4v) is 2.71. The molecule has 1 aliphatic heterocycles. The zero-order valence-electron chi connectivity index (χ0n) is 14.3. The Morgan fingerprint density at radius 3 is 2.62 bits per heavy atom. The number of piperidine rings is 1. The molecule has 2 N–H and O–H groups in total. The van der Waals surface area contributed by atoms with E-state index in [1.165, 1.54) is 12.1 Å². The number of carbonyl (C=O) groups excluding carboxylic acids is 2. The Morgan fingerprint density at radius 2 is 1.92 bits per heavy atom. The zero-order valence-corrected chi connectivity index (χ0v) is 14.3. The van der Waals surface area contributed by atoms with Crippen molar-refractivity contribution in [2.75, 3.05) is 13.7 Å². The van der Waals surface area contributed by atoms with Gasteiger partial charge in [-0.1, -0.05) is 0 Å². The second-order valence-corrected chi connectivity index (χ2v) is 5.93. The second-order valence-electron chi connectivity index (χ2n) is 5.93. The van der Waals surface area contributed by atoms with Crippen LogP contribution < -0.4 is 20.1 Å². The van der Waals surface area contributed by atoms with Gasteiger partial charge >= 0.3 is 0 Å². The van der Waals surface area contributed by atoms with Gasteiger partial charge in [-0.25, -0.2) is 4.39 Å². The number of rotatable bonds is 5. The van der Waals surface area contributed by atoms with Crippen molar-refractivity contribution in [3.63, 3.8) is 0 Å². The van der Waals surface area contributed by atoms with Gasteiger partial charge in [-0.05, 0) is 48.9 Å². The summed E-state index contributed by atoms with van der Waals surface area (Å²) >= 11 is 0. The van der Waals surface area contributed by atoms with Crippen LogP contribution in [0.25, 0.3) is 0 Å². The molecular weight excluding hydrogens is 339 g/mol.